The van der Waals surface area contributed by atoms with Crippen LogP contribution in [0.25, 0.3) is 5.65 Å². The summed E-state index contributed by atoms with van der Waals surface area (Å²) in [5, 5.41) is 8.03. The maximum absolute atomic E-state index is 12.9. The molecule has 2 aromatic rings. The van der Waals surface area contributed by atoms with Crippen molar-refractivity contribution < 1.29 is 9.59 Å². The number of aryl methyl sites for hydroxylation is 1. The maximum Gasteiger partial charge on any atom is 0.256 e. The van der Waals surface area contributed by atoms with Gasteiger partial charge in [-0.3, -0.25) is 14.0 Å². The summed E-state index contributed by atoms with van der Waals surface area (Å²) in [5.74, 6) is 1.74. The Labute approximate surface area is 145 Å². The van der Waals surface area contributed by atoms with E-state index in [0.717, 1.165) is 5.82 Å². The fraction of sp³-hybridized carbons (Fsp3) is 0.500. The first-order chi connectivity index (χ1) is 11.4. The normalized spacial score (nSPS) is 17.7. The predicted octanol–water partition coefficient (Wildman–Crippen LogP) is 1.42. The quantitative estimate of drug-likeness (QED) is 0.840. The Balaban J connectivity index is 1.87. The predicted molar refractivity (Wildman–Crippen MR) is 92.9 cm³/mol. The van der Waals surface area contributed by atoms with Crippen molar-refractivity contribution in [3.8, 4) is 0 Å². The topological polar surface area (TPSA) is 70.8 Å². The van der Waals surface area contributed by atoms with Crippen LogP contribution in [0.1, 0.15) is 30.0 Å². The minimum Gasteiger partial charge on any atom is -0.342 e. The molecule has 1 fully saturated rings. The van der Waals surface area contributed by atoms with E-state index < -0.39 is 6.04 Å². The van der Waals surface area contributed by atoms with Crippen LogP contribution < -0.4 is 0 Å². The molecule has 3 heterocycles. The van der Waals surface area contributed by atoms with Crippen molar-refractivity contribution in [2.45, 2.75) is 32.9 Å². The van der Waals surface area contributed by atoms with Crippen molar-refractivity contribution in [3.05, 3.63) is 29.7 Å². The molecule has 0 unspecified atom stereocenters. The van der Waals surface area contributed by atoms with Gasteiger partial charge in [-0.15, -0.1) is 22.0 Å². The zero-order chi connectivity index (χ0) is 17.4. The first kappa shape index (κ1) is 16.8. The third-order valence-corrected chi connectivity index (χ3v) is 5.38. The summed E-state index contributed by atoms with van der Waals surface area (Å²) < 4.78 is 1.79. The summed E-state index contributed by atoms with van der Waals surface area (Å²) in [6, 6.07) is 3.21. The van der Waals surface area contributed by atoms with Crippen LogP contribution in [0.4, 0.5) is 0 Å². The second-order valence-electron chi connectivity index (χ2n) is 6.23. The number of nitrogens with zero attached hydrogens (tertiary/aromatic N) is 5. The number of amides is 2. The molecule has 24 heavy (non-hydrogen) atoms. The van der Waals surface area contributed by atoms with E-state index in [-0.39, 0.29) is 17.9 Å². The number of hydrogen-bond acceptors (Lipinski definition) is 5. The number of thioether (sulfide) groups is 1. The van der Waals surface area contributed by atoms with Crippen molar-refractivity contribution in [1.29, 1.82) is 0 Å². The number of aromatic nitrogens is 3. The van der Waals surface area contributed by atoms with Crippen LogP contribution in [0.2, 0.25) is 0 Å². The van der Waals surface area contributed by atoms with E-state index in [1.165, 1.54) is 0 Å². The summed E-state index contributed by atoms with van der Waals surface area (Å²) in [5.41, 5.74) is 1.24. The zero-order valence-electron chi connectivity index (χ0n) is 14.3. The lowest BCUT2D eigenvalue weighted by Crippen LogP contribution is -2.49. The van der Waals surface area contributed by atoms with Crippen LogP contribution in [0.5, 0.6) is 0 Å². The highest BCUT2D eigenvalue weighted by molar-refractivity contribution is 7.99. The summed E-state index contributed by atoms with van der Waals surface area (Å²) in [4.78, 5) is 28.9. The number of carbonyl (C=O) groups excluding carboxylic acids is 2. The molecule has 0 aromatic carbocycles. The first-order valence-electron chi connectivity index (χ1n) is 7.87. The third-order valence-electron chi connectivity index (χ3n) is 4.37. The maximum atomic E-state index is 12.9. The molecule has 2 amide bonds. The van der Waals surface area contributed by atoms with E-state index >= 15 is 0 Å². The van der Waals surface area contributed by atoms with Gasteiger partial charge in [-0.05, 0) is 32.9 Å². The van der Waals surface area contributed by atoms with Gasteiger partial charge >= 0.3 is 0 Å². The molecule has 1 atom stereocenters. The second kappa shape index (κ2) is 6.43. The Morgan fingerprint density at radius 3 is 2.79 bits per heavy atom. The molecule has 1 saturated heterocycles. The highest BCUT2D eigenvalue weighted by Gasteiger charge is 2.37. The number of rotatable bonds is 3. The molecule has 8 heteroatoms. The molecular formula is C16H21N5O2S. The fourth-order valence-corrected chi connectivity index (χ4v) is 3.78. The average Bonchev–Trinajstić information content (AvgIpc) is 3.19. The van der Waals surface area contributed by atoms with Gasteiger partial charge in [-0.25, -0.2) is 0 Å². The van der Waals surface area contributed by atoms with Crippen LogP contribution in [0.15, 0.2) is 18.3 Å². The van der Waals surface area contributed by atoms with Gasteiger partial charge in [0.05, 0.1) is 11.4 Å². The number of fused-ring (bicyclic) bond motifs is 1. The monoisotopic (exact) mass is 347 g/mol. The molecule has 0 spiro atoms. The SMILES string of the molecule is Cc1nnc2ccc(C(=O)N3CSC[C@H]3C(=O)N(C)C(C)C)cn12. The lowest BCUT2D eigenvalue weighted by Gasteiger charge is -2.29. The van der Waals surface area contributed by atoms with Gasteiger partial charge < -0.3 is 9.80 Å². The first-order valence-corrected chi connectivity index (χ1v) is 9.02. The van der Waals surface area contributed by atoms with Gasteiger partial charge in [-0.2, -0.15) is 0 Å². The number of pyridine rings is 1. The molecule has 1 aliphatic heterocycles. The number of likely N-dealkylation sites (N-methyl/N-ethyl adjacent to an activating group) is 1. The van der Waals surface area contributed by atoms with Crippen molar-refractivity contribution in [2.24, 2.45) is 0 Å². The van der Waals surface area contributed by atoms with E-state index in [2.05, 4.69) is 10.2 Å². The van der Waals surface area contributed by atoms with Gasteiger partial charge in [0, 0.05) is 25.0 Å². The summed E-state index contributed by atoms with van der Waals surface area (Å²) in [6.45, 7) is 5.77. The Morgan fingerprint density at radius 2 is 2.08 bits per heavy atom. The molecule has 0 N–H and O–H groups in total. The molecule has 0 saturated carbocycles. The molecule has 0 aliphatic carbocycles. The average molecular weight is 347 g/mol. The largest absolute Gasteiger partial charge is 0.342 e. The third kappa shape index (κ3) is 2.86. The van der Waals surface area contributed by atoms with Crippen molar-refractivity contribution >= 4 is 29.2 Å². The minimum atomic E-state index is -0.410. The van der Waals surface area contributed by atoms with Crippen molar-refractivity contribution in [2.75, 3.05) is 18.7 Å². The molecule has 7 nitrogen and oxygen atoms in total. The second-order valence-corrected chi connectivity index (χ2v) is 7.23. The van der Waals surface area contributed by atoms with E-state index in [4.69, 9.17) is 0 Å². The highest BCUT2D eigenvalue weighted by Crippen LogP contribution is 2.25. The number of hydrogen-bond donors (Lipinski definition) is 0. The zero-order valence-corrected chi connectivity index (χ0v) is 15.1. The van der Waals surface area contributed by atoms with Crippen LogP contribution in [0, 0.1) is 6.92 Å². The van der Waals surface area contributed by atoms with Crippen molar-refractivity contribution in [3.63, 3.8) is 0 Å². The molecule has 3 rings (SSSR count). The molecule has 2 aromatic heterocycles. The molecular weight excluding hydrogens is 326 g/mol. The van der Waals surface area contributed by atoms with E-state index in [1.807, 2.05) is 20.8 Å². The molecule has 0 radical (unpaired) electrons. The summed E-state index contributed by atoms with van der Waals surface area (Å²) in [7, 11) is 1.78. The Morgan fingerprint density at radius 1 is 1.33 bits per heavy atom. The van der Waals surface area contributed by atoms with Gasteiger partial charge in [-0.1, -0.05) is 0 Å². The Bertz CT molecular complexity index is 788. The standard InChI is InChI=1S/C16H21N5O2S/c1-10(2)19(4)16(23)13-8-24-9-21(13)15(22)12-5-6-14-18-17-11(3)20(14)7-12/h5-7,10,13H,8-9H2,1-4H3/t13-/m0/s1. The smallest absolute Gasteiger partial charge is 0.256 e. The van der Waals surface area contributed by atoms with E-state index in [1.54, 1.807) is 51.3 Å². The Kier molecular flexibility index (Phi) is 4.49. The lowest BCUT2D eigenvalue weighted by atomic mass is 10.2. The number of carbonyl (C=O) groups is 2. The molecule has 0 bridgehead atoms. The van der Waals surface area contributed by atoms with Crippen LogP contribution in [-0.4, -0.2) is 67.0 Å². The van der Waals surface area contributed by atoms with Crippen molar-refractivity contribution in [1.82, 2.24) is 24.4 Å². The van der Waals surface area contributed by atoms with Gasteiger partial charge in [0.15, 0.2) is 5.65 Å². The van der Waals surface area contributed by atoms with E-state index in [9.17, 15) is 9.59 Å². The van der Waals surface area contributed by atoms with Crippen LogP contribution in [0.3, 0.4) is 0 Å². The van der Waals surface area contributed by atoms with Gasteiger partial charge in [0.1, 0.15) is 11.9 Å². The minimum absolute atomic E-state index is 0.00935. The lowest BCUT2D eigenvalue weighted by molar-refractivity contribution is -0.135. The summed E-state index contributed by atoms with van der Waals surface area (Å²) in [6.07, 6.45) is 1.74. The molecule has 1 aliphatic rings. The molecule has 128 valence electrons. The summed E-state index contributed by atoms with van der Waals surface area (Å²) >= 11 is 1.61. The fourth-order valence-electron chi connectivity index (χ4n) is 2.63. The highest BCUT2D eigenvalue weighted by atomic mass is 32.2. The van der Waals surface area contributed by atoms with E-state index in [0.29, 0.717) is 22.8 Å². The van der Waals surface area contributed by atoms with Gasteiger partial charge in [0.25, 0.3) is 5.91 Å². The van der Waals surface area contributed by atoms with Crippen LogP contribution >= 0.6 is 11.8 Å². The van der Waals surface area contributed by atoms with Crippen LogP contribution in [-0.2, 0) is 4.79 Å². The van der Waals surface area contributed by atoms with Gasteiger partial charge in [0.2, 0.25) is 5.91 Å². The Hall–Kier alpha value is -2.09.